The first-order valence-corrected chi connectivity index (χ1v) is 7.86. The molecule has 0 radical (unpaired) electrons. The molecule has 7 heteroatoms. The molecule has 1 aliphatic rings. The minimum absolute atomic E-state index is 0.0142. The highest BCUT2D eigenvalue weighted by atomic mass is 16.5. The largest absolute Gasteiger partial charge is 0.474 e. The number of rotatable bonds is 5. The number of hydrogen-bond donors (Lipinski definition) is 3. The predicted molar refractivity (Wildman–Crippen MR) is 87.8 cm³/mol. The van der Waals surface area contributed by atoms with Gasteiger partial charge in [0.2, 0.25) is 11.8 Å². The van der Waals surface area contributed by atoms with E-state index in [0.29, 0.717) is 11.8 Å². The number of piperazine rings is 1. The van der Waals surface area contributed by atoms with Crippen LogP contribution >= 0.6 is 0 Å². The molecule has 0 amide bonds. The van der Waals surface area contributed by atoms with Crippen LogP contribution in [0.5, 0.6) is 5.88 Å². The molecule has 0 spiro atoms. The summed E-state index contributed by atoms with van der Waals surface area (Å²) >= 11 is 0. The molecule has 0 unspecified atom stereocenters. The third-order valence-corrected chi connectivity index (χ3v) is 3.90. The maximum atomic E-state index is 9.74. The summed E-state index contributed by atoms with van der Waals surface area (Å²) in [6.45, 7) is 4.99. The number of benzene rings is 1. The molecule has 2 atom stereocenters. The lowest BCUT2D eigenvalue weighted by Gasteiger charge is -2.27. The summed E-state index contributed by atoms with van der Waals surface area (Å²) in [5.41, 5.74) is 0.803. The van der Waals surface area contributed by atoms with Crippen LogP contribution in [0.25, 0.3) is 10.9 Å². The van der Waals surface area contributed by atoms with Crippen molar-refractivity contribution in [2.45, 2.75) is 19.1 Å². The average molecular weight is 318 g/mol. The van der Waals surface area contributed by atoms with Crippen molar-refractivity contribution in [3.8, 4) is 5.88 Å². The van der Waals surface area contributed by atoms with E-state index < -0.39 is 12.2 Å². The maximum absolute atomic E-state index is 9.74. The summed E-state index contributed by atoms with van der Waals surface area (Å²) in [5, 5.41) is 23.2. The van der Waals surface area contributed by atoms with Gasteiger partial charge in [0, 0.05) is 26.2 Å². The molecule has 1 aliphatic heterocycles. The van der Waals surface area contributed by atoms with E-state index in [0.717, 1.165) is 37.1 Å². The van der Waals surface area contributed by atoms with Gasteiger partial charge < -0.3 is 25.2 Å². The van der Waals surface area contributed by atoms with E-state index in [1.54, 1.807) is 0 Å². The van der Waals surface area contributed by atoms with Gasteiger partial charge in [0.1, 0.15) is 12.7 Å². The molecule has 0 saturated carbocycles. The highest BCUT2D eigenvalue weighted by molar-refractivity contribution is 5.84. The summed E-state index contributed by atoms with van der Waals surface area (Å²) in [4.78, 5) is 11.3. The monoisotopic (exact) mass is 318 g/mol. The van der Waals surface area contributed by atoms with Gasteiger partial charge >= 0.3 is 0 Å². The van der Waals surface area contributed by atoms with Crippen LogP contribution in [0.3, 0.4) is 0 Å². The Kier molecular flexibility index (Phi) is 4.90. The van der Waals surface area contributed by atoms with Crippen molar-refractivity contribution in [3.63, 3.8) is 0 Å². The lowest BCUT2D eigenvalue weighted by molar-refractivity contribution is 0.00167. The van der Waals surface area contributed by atoms with Crippen LogP contribution in [0, 0.1) is 0 Å². The molecule has 0 aliphatic carbocycles. The van der Waals surface area contributed by atoms with Crippen LogP contribution in [0.2, 0.25) is 0 Å². The highest BCUT2D eigenvalue weighted by Gasteiger charge is 2.18. The number of fused-ring (bicyclic) bond motifs is 1. The first kappa shape index (κ1) is 15.9. The van der Waals surface area contributed by atoms with Gasteiger partial charge in [-0.3, -0.25) is 0 Å². The number of aromatic nitrogens is 2. The van der Waals surface area contributed by atoms with Crippen molar-refractivity contribution >= 4 is 16.9 Å². The number of para-hydroxylation sites is 1. The van der Waals surface area contributed by atoms with Crippen molar-refractivity contribution < 1.29 is 14.9 Å². The molecule has 2 aromatic rings. The number of anilines is 1. The first-order chi connectivity index (χ1) is 11.1. The highest BCUT2D eigenvalue weighted by Crippen LogP contribution is 2.25. The third-order valence-electron chi connectivity index (χ3n) is 3.90. The zero-order chi connectivity index (χ0) is 16.2. The Morgan fingerprint density at radius 1 is 1.22 bits per heavy atom. The van der Waals surface area contributed by atoms with Crippen LogP contribution in [0.4, 0.5) is 5.95 Å². The minimum Gasteiger partial charge on any atom is -0.474 e. The van der Waals surface area contributed by atoms with Crippen LogP contribution in [0.15, 0.2) is 24.3 Å². The number of aliphatic hydroxyl groups excluding tert-OH is 2. The zero-order valence-corrected chi connectivity index (χ0v) is 13.1. The van der Waals surface area contributed by atoms with Crippen molar-refractivity contribution in [1.29, 1.82) is 0 Å². The molecule has 3 rings (SSSR count). The van der Waals surface area contributed by atoms with Gasteiger partial charge in [-0.2, -0.15) is 4.98 Å². The van der Waals surface area contributed by atoms with Crippen molar-refractivity contribution in [3.05, 3.63) is 24.3 Å². The normalized spacial score (nSPS) is 18.0. The second-order valence-corrected chi connectivity index (χ2v) is 5.70. The molecule has 1 saturated heterocycles. The van der Waals surface area contributed by atoms with Crippen molar-refractivity contribution in [1.82, 2.24) is 15.3 Å². The van der Waals surface area contributed by atoms with E-state index in [-0.39, 0.29) is 6.61 Å². The third kappa shape index (κ3) is 3.69. The summed E-state index contributed by atoms with van der Waals surface area (Å²) in [6, 6.07) is 7.63. The fourth-order valence-corrected chi connectivity index (χ4v) is 2.46. The van der Waals surface area contributed by atoms with E-state index in [1.807, 2.05) is 24.3 Å². The van der Waals surface area contributed by atoms with E-state index in [9.17, 15) is 10.2 Å². The van der Waals surface area contributed by atoms with Crippen molar-refractivity contribution in [2.75, 3.05) is 37.7 Å². The smallest absolute Gasteiger partial charge is 0.229 e. The second-order valence-electron chi connectivity index (χ2n) is 5.70. The zero-order valence-electron chi connectivity index (χ0n) is 13.1. The number of aliphatic hydroxyl groups is 2. The second kappa shape index (κ2) is 7.08. The number of nitrogens with one attached hydrogen (secondary N) is 1. The molecule has 1 fully saturated rings. The van der Waals surface area contributed by atoms with Gasteiger partial charge in [-0.15, -0.1) is 0 Å². The van der Waals surface area contributed by atoms with E-state index in [2.05, 4.69) is 20.2 Å². The molecule has 23 heavy (non-hydrogen) atoms. The number of ether oxygens (including phenoxy) is 1. The van der Waals surface area contributed by atoms with Gasteiger partial charge in [-0.25, -0.2) is 4.98 Å². The van der Waals surface area contributed by atoms with Gasteiger partial charge in [-0.05, 0) is 19.1 Å². The lowest BCUT2D eigenvalue weighted by Crippen LogP contribution is -2.44. The standard InChI is InChI=1S/C16H22N4O3/c1-11(21)14(22)10-23-15-12-4-2-3-5-13(12)18-16(19-15)20-8-6-17-7-9-20/h2-5,11,14,17,21-22H,6-10H2,1H3/t11-,14-/m0/s1. The van der Waals surface area contributed by atoms with E-state index >= 15 is 0 Å². The molecule has 0 bridgehead atoms. The summed E-state index contributed by atoms with van der Waals surface area (Å²) in [5.74, 6) is 1.07. The number of hydrogen-bond acceptors (Lipinski definition) is 7. The summed E-state index contributed by atoms with van der Waals surface area (Å²) < 4.78 is 5.67. The first-order valence-electron chi connectivity index (χ1n) is 7.86. The Bertz CT molecular complexity index is 659. The predicted octanol–water partition coefficient (Wildman–Crippen LogP) is 0.160. The van der Waals surface area contributed by atoms with Gasteiger partial charge in [0.25, 0.3) is 0 Å². The van der Waals surface area contributed by atoms with Crippen LogP contribution in [-0.4, -0.2) is 65.2 Å². The fourth-order valence-electron chi connectivity index (χ4n) is 2.46. The average Bonchev–Trinajstić information content (AvgIpc) is 2.59. The fraction of sp³-hybridized carbons (Fsp3) is 0.500. The van der Waals surface area contributed by atoms with E-state index in [1.165, 1.54) is 6.92 Å². The summed E-state index contributed by atoms with van der Waals surface area (Å²) in [6.07, 6.45) is -1.80. The molecular weight excluding hydrogens is 296 g/mol. The van der Waals surface area contributed by atoms with Crippen LogP contribution < -0.4 is 15.0 Å². The van der Waals surface area contributed by atoms with Crippen molar-refractivity contribution in [2.24, 2.45) is 0 Å². The molecular formula is C16H22N4O3. The molecule has 7 nitrogen and oxygen atoms in total. The molecule has 1 aromatic carbocycles. The summed E-state index contributed by atoms with van der Waals surface area (Å²) in [7, 11) is 0. The Morgan fingerprint density at radius 2 is 1.96 bits per heavy atom. The number of nitrogens with zero attached hydrogens (tertiary/aromatic N) is 3. The maximum Gasteiger partial charge on any atom is 0.229 e. The van der Waals surface area contributed by atoms with E-state index in [4.69, 9.17) is 4.74 Å². The Balaban J connectivity index is 1.90. The SMILES string of the molecule is C[C@H](O)[C@@H](O)COc1nc(N2CCNCC2)nc2ccccc12. The topological polar surface area (TPSA) is 90.7 Å². The van der Waals surface area contributed by atoms with Crippen LogP contribution in [0.1, 0.15) is 6.92 Å². The van der Waals surface area contributed by atoms with Crippen LogP contribution in [-0.2, 0) is 0 Å². The molecule has 3 N–H and O–H groups in total. The Hall–Kier alpha value is -1.96. The van der Waals surface area contributed by atoms with Gasteiger partial charge in [0.05, 0.1) is 17.0 Å². The lowest BCUT2D eigenvalue weighted by atomic mass is 10.2. The van der Waals surface area contributed by atoms with Gasteiger partial charge in [-0.1, -0.05) is 12.1 Å². The quantitative estimate of drug-likeness (QED) is 0.723. The minimum atomic E-state index is -0.952. The Morgan fingerprint density at radius 3 is 2.70 bits per heavy atom. The molecule has 124 valence electrons. The Labute approximate surface area is 134 Å². The molecule has 1 aromatic heterocycles. The van der Waals surface area contributed by atoms with Gasteiger partial charge in [0.15, 0.2) is 0 Å². The molecule has 2 heterocycles.